The molecule has 0 bridgehead atoms. The Morgan fingerprint density at radius 1 is 1.60 bits per heavy atom. The number of nitrogens with two attached hydrogens (primary N) is 1. The first-order valence-electron chi connectivity index (χ1n) is 6.97. The van der Waals surface area contributed by atoms with Crippen LogP contribution in [0.4, 0.5) is 0 Å². The number of rotatable bonds is 6. The summed E-state index contributed by atoms with van der Waals surface area (Å²) in [7, 11) is 1.81. The molecule has 5 nitrogen and oxygen atoms in total. The molecule has 0 aliphatic carbocycles. The average Bonchev–Trinajstić information content (AvgIpc) is 2.74. The second-order valence-corrected chi connectivity index (χ2v) is 5.08. The lowest BCUT2D eigenvalue weighted by molar-refractivity contribution is -0.118. The van der Waals surface area contributed by atoms with Crippen LogP contribution < -0.4 is 20.5 Å². The molecule has 1 aliphatic heterocycles. The van der Waals surface area contributed by atoms with Crippen LogP contribution in [0.25, 0.3) is 0 Å². The highest BCUT2D eigenvalue weighted by Crippen LogP contribution is 2.38. The number of hydrogen-bond acceptors (Lipinski definition) is 4. The fourth-order valence-electron chi connectivity index (χ4n) is 2.58. The molecule has 1 aliphatic rings. The fraction of sp³-hybridized carbons (Fsp3) is 0.533. The van der Waals surface area contributed by atoms with Gasteiger partial charge in [-0.15, -0.1) is 0 Å². The minimum absolute atomic E-state index is 0.168. The summed E-state index contributed by atoms with van der Waals surface area (Å²) in [6, 6.07) is 3.82. The van der Waals surface area contributed by atoms with Crippen molar-refractivity contribution in [2.45, 2.75) is 38.8 Å². The molecule has 0 aromatic heterocycles. The number of fused-ring (bicyclic) bond motifs is 1. The molecule has 0 radical (unpaired) electrons. The first-order chi connectivity index (χ1) is 9.55. The quantitative estimate of drug-likeness (QED) is 0.828. The van der Waals surface area contributed by atoms with Gasteiger partial charge in [-0.05, 0) is 33.0 Å². The topological polar surface area (TPSA) is 73.6 Å². The third-order valence-corrected chi connectivity index (χ3v) is 3.46. The van der Waals surface area contributed by atoms with Crippen LogP contribution in [0.2, 0.25) is 0 Å². The van der Waals surface area contributed by atoms with Crippen LogP contribution in [0, 0.1) is 0 Å². The molecule has 1 aromatic carbocycles. The number of ether oxygens (including phenoxy) is 2. The van der Waals surface area contributed by atoms with E-state index in [1.54, 1.807) is 7.05 Å². The van der Waals surface area contributed by atoms with Crippen LogP contribution in [0.1, 0.15) is 37.4 Å². The molecule has 3 N–H and O–H groups in total. The molecule has 0 saturated carbocycles. The van der Waals surface area contributed by atoms with Gasteiger partial charge in [0.2, 0.25) is 5.91 Å². The molecule has 1 amide bonds. The maximum atomic E-state index is 11.2. The highest BCUT2D eigenvalue weighted by Gasteiger charge is 2.25. The molecule has 2 rings (SSSR count). The van der Waals surface area contributed by atoms with Gasteiger partial charge in [0, 0.05) is 30.0 Å². The number of hydrogen-bond donors (Lipinski definition) is 2. The van der Waals surface area contributed by atoms with Gasteiger partial charge in [-0.1, -0.05) is 0 Å². The Hall–Kier alpha value is -1.75. The lowest BCUT2D eigenvalue weighted by atomic mass is 9.99. The molecular weight excluding hydrogens is 256 g/mol. The number of nitrogens with one attached hydrogen (secondary N) is 1. The summed E-state index contributed by atoms with van der Waals surface area (Å²) in [4.78, 5) is 11.2. The van der Waals surface area contributed by atoms with E-state index in [2.05, 4.69) is 5.32 Å². The summed E-state index contributed by atoms with van der Waals surface area (Å²) in [5.41, 5.74) is 7.38. The van der Waals surface area contributed by atoms with Crippen molar-refractivity contribution in [2.75, 3.05) is 13.7 Å². The van der Waals surface area contributed by atoms with Gasteiger partial charge >= 0.3 is 0 Å². The molecule has 1 aromatic rings. The van der Waals surface area contributed by atoms with Crippen LogP contribution >= 0.6 is 0 Å². The normalized spacial score (nSPS) is 18.2. The molecule has 0 saturated heterocycles. The lowest BCUT2D eigenvalue weighted by Gasteiger charge is -2.20. The van der Waals surface area contributed by atoms with Crippen LogP contribution in [0.15, 0.2) is 12.1 Å². The number of carbonyl (C=O) groups is 1. The second kappa shape index (κ2) is 6.13. The summed E-state index contributed by atoms with van der Waals surface area (Å²) in [5, 5.41) is 3.11. The molecule has 0 fully saturated rings. The Morgan fingerprint density at radius 2 is 2.35 bits per heavy atom. The molecule has 2 atom stereocenters. The van der Waals surface area contributed by atoms with E-state index in [1.165, 1.54) is 0 Å². The first kappa shape index (κ1) is 14.7. The van der Waals surface area contributed by atoms with Crippen molar-refractivity contribution in [3.05, 3.63) is 23.3 Å². The predicted octanol–water partition coefficient (Wildman–Crippen LogP) is 1.54. The smallest absolute Gasteiger partial charge is 0.219 e. The maximum Gasteiger partial charge on any atom is 0.219 e. The van der Waals surface area contributed by atoms with Crippen molar-refractivity contribution in [1.29, 1.82) is 0 Å². The number of amides is 1. The third kappa shape index (κ3) is 3.04. The number of primary amides is 1. The zero-order valence-corrected chi connectivity index (χ0v) is 12.2. The molecular formula is C15H22N2O3. The SMILES string of the molecule is CCOc1cc2c(cc1C(CC(N)=O)NC)OC(C)C2. The number of benzene rings is 1. The number of carbonyl (C=O) groups excluding carboxylic acids is 1. The van der Waals surface area contributed by atoms with E-state index in [4.69, 9.17) is 15.2 Å². The summed E-state index contributed by atoms with van der Waals surface area (Å²) < 4.78 is 11.5. The zero-order valence-electron chi connectivity index (χ0n) is 12.2. The summed E-state index contributed by atoms with van der Waals surface area (Å²) in [6.07, 6.45) is 1.29. The fourth-order valence-corrected chi connectivity index (χ4v) is 2.58. The van der Waals surface area contributed by atoms with Gasteiger partial charge in [-0.3, -0.25) is 4.79 Å². The van der Waals surface area contributed by atoms with Crippen LogP contribution in [-0.2, 0) is 11.2 Å². The van der Waals surface area contributed by atoms with Gasteiger partial charge in [0.05, 0.1) is 6.61 Å². The lowest BCUT2D eigenvalue weighted by Crippen LogP contribution is -2.24. The minimum atomic E-state index is -0.346. The van der Waals surface area contributed by atoms with Crippen LogP contribution in [-0.4, -0.2) is 25.7 Å². The van der Waals surface area contributed by atoms with E-state index < -0.39 is 0 Å². The van der Waals surface area contributed by atoms with Gasteiger partial charge in [0.25, 0.3) is 0 Å². The molecule has 5 heteroatoms. The Balaban J connectivity index is 2.39. The van der Waals surface area contributed by atoms with Crippen LogP contribution in [0.5, 0.6) is 11.5 Å². The maximum absolute atomic E-state index is 11.2. The van der Waals surface area contributed by atoms with Gasteiger partial charge in [-0.25, -0.2) is 0 Å². The van der Waals surface area contributed by atoms with Crippen molar-refractivity contribution < 1.29 is 14.3 Å². The van der Waals surface area contributed by atoms with Crippen molar-refractivity contribution >= 4 is 5.91 Å². The van der Waals surface area contributed by atoms with Gasteiger partial charge in [0.1, 0.15) is 17.6 Å². The Kier molecular flexibility index (Phi) is 4.49. The molecule has 110 valence electrons. The Bertz CT molecular complexity index is 502. The molecule has 0 spiro atoms. The second-order valence-electron chi connectivity index (χ2n) is 5.08. The van der Waals surface area contributed by atoms with E-state index in [9.17, 15) is 4.79 Å². The summed E-state index contributed by atoms with van der Waals surface area (Å²) in [5.74, 6) is 1.33. The van der Waals surface area contributed by atoms with Crippen LogP contribution in [0.3, 0.4) is 0 Å². The molecule has 2 unspecified atom stereocenters. The van der Waals surface area contributed by atoms with E-state index in [0.717, 1.165) is 29.0 Å². The zero-order chi connectivity index (χ0) is 14.7. The molecule has 20 heavy (non-hydrogen) atoms. The van der Waals surface area contributed by atoms with Crippen molar-refractivity contribution in [3.63, 3.8) is 0 Å². The minimum Gasteiger partial charge on any atom is -0.494 e. The summed E-state index contributed by atoms with van der Waals surface area (Å²) in [6.45, 7) is 4.56. The Labute approximate surface area is 119 Å². The summed E-state index contributed by atoms with van der Waals surface area (Å²) >= 11 is 0. The van der Waals surface area contributed by atoms with Crippen molar-refractivity contribution in [3.8, 4) is 11.5 Å². The largest absolute Gasteiger partial charge is 0.494 e. The van der Waals surface area contributed by atoms with E-state index >= 15 is 0 Å². The van der Waals surface area contributed by atoms with Crippen molar-refractivity contribution in [1.82, 2.24) is 5.32 Å². The van der Waals surface area contributed by atoms with E-state index in [0.29, 0.717) is 6.61 Å². The third-order valence-electron chi connectivity index (χ3n) is 3.46. The average molecular weight is 278 g/mol. The van der Waals surface area contributed by atoms with E-state index in [1.807, 2.05) is 26.0 Å². The Morgan fingerprint density at radius 3 is 2.95 bits per heavy atom. The van der Waals surface area contributed by atoms with Gasteiger partial charge < -0.3 is 20.5 Å². The first-order valence-corrected chi connectivity index (χ1v) is 6.97. The highest BCUT2D eigenvalue weighted by molar-refractivity contribution is 5.75. The highest BCUT2D eigenvalue weighted by atomic mass is 16.5. The molecule has 1 heterocycles. The predicted molar refractivity (Wildman–Crippen MR) is 77.0 cm³/mol. The van der Waals surface area contributed by atoms with Gasteiger partial charge in [-0.2, -0.15) is 0 Å². The van der Waals surface area contributed by atoms with Gasteiger partial charge in [0.15, 0.2) is 0 Å². The standard InChI is InChI=1S/C15H22N2O3/c1-4-19-14-6-10-5-9(2)20-13(10)7-11(14)12(17-3)8-15(16)18/h6-7,9,12,17H,4-5,8H2,1-3H3,(H2,16,18). The van der Waals surface area contributed by atoms with E-state index in [-0.39, 0.29) is 24.5 Å². The van der Waals surface area contributed by atoms with Crippen molar-refractivity contribution in [2.24, 2.45) is 5.73 Å². The monoisotopic (exact) mass is 278 g/mol.